The van der Waals surface area contributed by atoms with E-state index in [-0.39, 0.29) is 65.3 Å². The SMILES string of the molecule is CN[C@@H](C)C(=O)N[C@H](C(=O)N1CCC[C@H]1CN(CCc1ccccc1)C(=O)C(F)(F)F)[C@@H](C)OCC#CC#CCO[C@H](C)[C@H](NC(=O)[C@H](C)NC)C(=O)N1CCC[C@H]1CN(CCc1ccccc1)C(=O)C(F)(F)F. The standard InChI is InChI=1S/C52H68F6N8O8/c1-35(59-5)45(67)61-43(47(69)65-27-17-23-41(65)33-63(49(71)51(53,54)55)29-25-39-19-11-9-12-20-39)37(3)73-31-15-7-8-16-32-74-38(4)44(62-46(68)36(2)60-6)48(70)66-28-18-24-42(66)34-64(50(72)52(56,57)58)30-26-40-21-13-10-14-22-40/h9-14,19-22,35-38,41-44,59-60H,17-18,23-34H2,1-6H3,(H,61,67)(H,62,68)/t35-,36-,37+,38+,41-,42-,43-,44-/m0/s1. The number of likely N-dealkylation sites (N-methyl/N-ethyl adjacent to an activating group) is 2. The number of halogens is 6. The fourth-order valence-electron chi connectivity index (χ4n) is 8.50. The summed E-state index contributed by atoms with van der Waals surface area (Å²) in [7, 11) is 3.10. The lowest BCUT2D eigenvalue weighted by Gasteiger charge is -2.35. The molecule has 4 rings (SSSR count). The highest BCUT2D eigenvalue weighted by Crippen LogP contribution is 2.27. The van der Waals surface area contributed by atoms with Gasteiger partial charge < -0.3 is 50.3 Å². The number of ether oxygens (including phenoxy) is 2. The number of carbonyl (C=O) groups is 6. The number of alkyl halides is 6. The zero-order valence-corrected chi connectivity index (χ0v) is 42.6. The number of nitrogens with one attached hydrogen (secondary N) is 4. The highest BCUT2D eigenvalue weighted by atomic mass is 19.4. The maximum absolute atomic E-state index is 14.2. The predicted molar refractivity (Wildman–Crippen MR) is 262 cm³/mol. The van der Waals surface area contributed by atoms with Crippen LogP contribution >= 0.6 is 0 Å². The number of hydrogen-bond donors (Lipinski definition) is 4. The summed E-state index contributed by atoms with van der Waals surface area (Å²) in [6.07, 6.45) is -10.4. The summed E-state index contributed by atoms with van der Waals surface area (Å²) >= 11 is 0. The van der Waals surface area contributed by atoms with Gasteiger partial charge in [-0.25, -0.2) is 0 Å². The van der Waals surface area contributed by atoms with Crippen molar-refractivity contribution in [2.45, 2.75) is 127 Å². The van der Waals surface area contributed by atoms with Crippen LogP contribution in [0.5, 0.6) is 0 Å². The van der Waals surface area contributed by atoms with Crippen molar-refractivity contribution in [3.8, 4) is 23.7 Å². The summed E-state index contributed by atoms with van der Waals surface area (Å²) < 4.78 is 94.5. The highest BCUT2D eigenvalue weighted by molar-refractivity contribution is 5.91. The van der Waals surface area contributed by atoms with Gasteiger partial charge in [0.05, 0.1) is 24.3 Å². The maximum atomic E-state index is 14.2. The van der Waals surface area contributed by atoms with Gasteiger partial charge in [-0.2, -0.15) is 26.3 Å². The summed E-state index contributed by atoms with van der Waals surface area (Å²) in [5.41, 5.74) is 1.47. The van der Waals surface area contributed by atoms with Crippen LogP contribution in [0.1, 0.15) is 64.5 Å². The average molecular weight is 1050 g/mol. The fraction of sp³-hybridized carbons (Fsp3) is 0.577. The lowest BCUT2D eigenvalue weighted by atomic mass is 10.1. The second-order valence-electron chi connectivity index (χ2n) is 18.3. The Morgan fingerprint density at radius 3 is 1.28 bits per heavy atom. The Kier molecular flexibility index (Phi) is 23.7. The first kappa shape index (κ1) is 60.4. The first-order valence-corrected chi connectivity index (χ1v) is 24.6. The van der Waals surface area contributed by atoms with Gasteiger partial charge in [-0.3, -0.25) is 28.8 Å². The molecule has 2 saturated heterocycles. The molecule has 2 aromatic carbocycles. The first-order chi connectivity index (χ1) is 35.1. The van der Waals surface area contributed by atoms with Crippen LogP contribution in [0.2, 0.25) is 0 Å². The zero-order chi connectivity index (χ0) is 54.6. The van der Waals surface area contributed by atoms with Crippen molar-refractivity contribution in [1.29, 1.82) is 0 Å². The van der Waals surface area contributed by atoms with E-state index >= 15 is 0 Å². The van der Waals surface area contributed by atoms with Crippen LogP contribution < -0.4 is 21.3 Å². The molecule has 2 fully saturated rings. The maximum Gasteiger partial charge on any atom is 0.471 e. The molecule has 0 radical (unpaired) electrons. The zero-order valence-electron chi connectivity index (χ0n) is 42.6. The summed E-state index contributed by atoms with van der Waals surface area (Å²) in [5.74, 6) is 4.25. The summed E-state index contributed by atoms with van der Waals surface area (Å²) in [6, 6.07) is 11.9. The third-order valence-electron chi connectivity index (χ3n) is 13.1. The number of likely N-dealkylation sites (tertiary alicyclic amines) is 2. The molecule has 0 bridgehead atoms. The molecule has 0 unspecified atom stereocenters. The molecule has 2 aliphatic heterocycles. The van der Waals surface area contributed by atoms with Gasteiger partial charge in [0.15, 0.2) is 0 Å². The molecule has 0 aromatic heterocycles. The molecule has 22 heteroatoms. The third-order valence-corrected chi connectivity index (χ3v) is 13.1. The monoisotopic (exact) mass is 1050 g/mol. The Balaban J connectivity index is 1.41. The largest absolute Gasteiger partial charge is 0.471 e. The highest BCUT2D eigenvalue weighted by Gasteiger charge is 2.46. The van der Waals surface area contributed by atoms with Crippen molar-refractivity contribution >= 4 is 35.4 Å². The van der Waals surface area contributed by atoms with Crippen LogP contribution in [-0.4, -0.2) is 182 Å². The predicted octanol–water partition coefficient (Wildman–Crippen LogP) is 3.24. The van der Waals surface area contributed by atoms with Gasteiger partial charge in [0.25, 0.3) is 0 Å². The summed E-state index contributed by atoms with van der Waals surface area (Å²) in [6.45, 7) is 4.78. The van der Waals surface area contributed by atoms with E-state index in [1.807, 2.05) is 0 Å². The number of nitrogens with zero attached hydrogens (tertiary/aromatic N) is 4. The van der Waals surface area contributed by atoms with Gasteiger partial charge in [-0.15, -0.1) is 0 Å². The minimum absolute atomic E-state index is 0.159. The minimum atomic E-state index is -5.14. The molecule has 2 aliphatic rings. The Labute approximate surface area is 429 Å². The van der Waals surface area contributed by atoms with E-state index < -0.39 is 96.3 Å². The van der Waals surface area contributed by atoms with Crippen LogP contribution in [0.25, 0.3) is 0 Å². The quantitative estimate of drug-likeness (QED) is 0.0901. The van der Waals surface area contributed by atoms with Crippen LogP contribution in [0.15, 0.2) is 60.7 Å². The van der Waals surface area contributed by atoms with Gasteiger partial charge >= 0.3 is 24.2 Å². The van der Waals surface area contributed by atoms with E-state index in [9.17, 15) is 55.1 Å². The first-order valence-electron chi connectivity index (χ1n) is 24.6. The summed E-state index contributed by atoms with van der Waals surface area (Å²) in [4.78, 5) is 84.0. The van der Waals surface area contributed by atoms with Gasteiger partial charge in [-0.05, 0) is 103 Å². The van der Waals surface area contributed by atoms with Crippen molar-refractivity contribution in [3.63, 3.8) is 0 Å². The average Bonchev–Trinajstić information content (AvgIpc) is 4.06. The van der Waals surface area contributed by atoms with Crippen molar-refractivity contribution in [2.24, 2.45) is 0 Å². The molecule has 2 aromatic rings. The smallest absolute Gasteiger partial charge is 0.363 e. The lowest BCUT2D eigenvalue weighted by Crippen LogP contribution is -2.59. The second-order valence-corrected chi connectivity index (χ2v) is 18.3. The van der Waals surface area contributed by atoms with Crippen molar-refractivity contribution < 1.29 is 64.6 Å². The Morgan fingerprint density at radius 2 is 0.959 bits per heavy atom. The topological polar surface area (TPSA) is 182 Å². The third kappa shape index (κ3) is 18.3. The van der Waals surface area contributed by atoms with Crippen LogP contribution in [0.4, 0.5) is 26.3 Å². The van der Waals surface area contributed by atoms with Crippen LogP contribution in [-0.2, 0) is 51.1 Å². The number of hydrogen-bond acceptors (Lipinski definition) is 10. The van der Waals surface area contributed by atoms with Crippen molar-refractivity contribution in [1.82, 2.24) is 40.9 Å². The number of carbonyl (C=O) groups excluding carboxylic acids is 6. The Hall–Kier alpha value is -6.20. The minimum Gasteiger partial charge on any atom is -0.363 e. The number of benzene rings is 2. The molecule has 0 saturated carbocycles. The van der Waals surface area contributed by atoms with Gasteiger partial charge in [0.1, 0.15) is 25.3 Å². The normalized spacial score (nSPS) is 18.1. The fourth-order valence-corrected chi connectivity index (χ4v) is 8.50. The summed E-state index contributed by atoms with van der Waals surface area (Å²) in [5, 5.41) is 11.0. The molecular weight excluding hydrogens is 979 g/mol. The second kappa shape index (κ2) is 29.0. The molecule has 6 amide bonds. The molecule has 4 N–H and O–H groups in total. The van der Waals surface area contributed by atoms with E-state index in [4.69, 9.17) is 9.47 Å². The van der Waals surface area contributed by atoms with Crippen LogP contribution in [0, 0.1) is 23.7 Å². The van der Waals surface area contributed by atoms with E-state index in [1.165, 1.54) is 23.6 Å². The van der Waals surface area contributed by atoms with Crippen LogP contribution in [0.3, 0.4) is 0 Å². The van der Waals surface area contributed by atoms with E-state index in [0.717, 1.165) is 11.1 Å². The number of amides is 6. The van der Waals surface area contributed by atoms with Crippen molar-refractivity contribution in [2.75, 3.05) is 66.6 Å². The van der Waals surface area contributed by atoms with Gasteiger partial charge in [0, 0.05) is 51.4 Å². The molecule has 16 nitrogen and oxygen atoms in total. The molecule has 8 atom stereocenters. The molecular formula is C52H68F6N8O8. The Morgan fingerprint density at radius 1 is 0.608 bits per heavy atom. The van der Waals surface area contributed by atoms with E-state index in [1.54, 1.807) is 88.6 Å². The molecule has 406 valence electrons. The van der Waals surface area contributed by atoms with Gasteiger partial charge in [-0.1, -0.05) is 72.5 Å². The van der Waals surface area contributed by atoms with Gasteiger partial charge in [0.2, 0.25) is 23.6 Å². The molecule has 0 aliphatic carbocycles. The van der Waals surface area contributed by atoms with E-state index in [2.05, 4.69) is 44.9 Å². The lowest BCUT2D eigenvalue weighted by molar-refractivity contribution is -0.186. The Bertz CT molecular complexity index is 2150. The molecule has 74 heavy (non-hydrogen) atoms. The molecule has 2 heterocycles. The van der Waals surface area contributed by atoms with Crippen molar-refractivity contribution in [3.05, 3.63) is 71.8 Å². The van der Waals surface area contributed by atoms with E-state index in [0.29, 0.717) is 35.5 Å². The molecule has 0 spiro atoms. The number of rotatable bonds is 24.